The molecule has 1 rings (SSSR count). The Kier molecular flexibility index (Phi) is 6.52. The lowest BCUT2D eigenvalue weighted by atomic mass is 10.2. The molecule has 1 unspecified atom stereocenters. The van der Waals surface area contributed by atoms with E-state index in [-0.39, 0.29) is 0 Å². The van der Waals surface area contributed by atoms with Crippen molar-refractivity contribution in [2.24, 2.45) is 7.05 Å². The molecule has 0 spiro atoms. The molecule has 0 fully saturated rings. The highest BCUT2D eigenvalue weighted by molar-refractivity contribution is 7.99. The minimum absolute atomic E-state index is 0.297. The predicted octanol–water partition coefficient (Wildman–Crippen LogP) is 1.19. The molecule has 0 aliphatic heterocycles. The van der Waals surface area contributed by atoms with Crippen molar-refractivity contribution in [1.29, 1.82) is 0 Å². The van der Waals surface area contributed by atoms with E-state index in [2.05, 4.69) is 17.3 Å². The lowest BCUT2D eigenvalue weighted by molar-refractivity contribution is 0.296. The van der Waals surface area contributed by atoms with Crippen molar-refractivity contribution in [2.45, 2.75) is 19.4 Å². The molecule has 1 atom stereocenters. The molecule has 5 heteroatoms. The number of rotatable bonds is 8. The number of hydrogen-bond acceptors (Lipinski definition) is 4. The number of aryl methyl sites for hydroxylation is 1. The normalized spacial score (nSPS) is 12.9. The van der Waals surface area contributed by atoms with Crippen LogP contribution in [0.1, 0.15) is 25.1 Å². The zero-order valence-electron chi connectivity index (χ0n) is 10.0. The first-order chi connectivity index (χ1) is 7.75. The number of nitrogens with zero attached hydrogens (tertiary/aromatic N) is 2. The Morgan fingerprint density at radius 3 is 3.00 bits per heavy atom. The fraction of sp³-hybridized carbons (Fsp3) is 0.727. The summed E-state index contributed by atoms with van der Waals surface area (Å²) in [5.74, 6) is 2.13. The minimum Gasteiger partial charge on any atom is -0.396 e. The highest BCUT2D eigenvalue weighted by Crippen LogP contribution is 2.10. The third kappa shape index (κ3) is 4.55. The number of aromatic nitrogens is 2. The Bertz CT molecular complexity index is 291. The molecule has 0 aliphatic carbocycles. The molecular weight excluding hydrogens is 222 g/mol. The molecule has 0 aromatic carbocycles. The van der Waals surface area contributed by atoms with Crippen LogP contribution in [0.5, 0.6) is 0 Å². The van der Waals surface area contributed by atoms with Gasteiger partial charge in [-0.3, -0.25) is 4.68 Å². The third-order valence-corrected chi connectivity index (χ3v) is 3.52. The Balaban J connectivity index is 2.11. The predicted molar refractivity (Wildman–Crippen MR) is 68.7 cm³/mol. The number of nitrogens with one attached hydrogen (secondary N) is 1. The van der Waals surface area contributed by atoms with E-state index in [4.69, 9.17) is 5.11 Å². The summed E-state index contributed by atoms with van der Waals surface area (Å²) >= 11 is 1.88. The fourth-order valence-corrected chi connectivity index (χ4v) is 2.33. The van der Waals surface area contributed by atoms with Crippen LogP contribution in [0.15, 0.2) is 12.3 Å². The molecule has 2 N–H and O–H groups in total. The van der Waals surface area contributed by atoms with Crippen molar-refractivity contribution in [3.05, 3.63) is 18.0 Å². The largest absolute Gasteiger partial charge is 0.396 e. The smallest absolute Gasteiger partial charge is 0.0547 e. The topological polar surface area (TPSA) is 50.1 Å². The molecule has 0 aliphatic rings. The second kappa shape index (κ2) is 7.70. The zero-order valence-corrected chi connectivity index (χ0v) is 10.8. The van der Waals surface area contributed by atoms with Crippen LogP contribution in [0.2, 0.25) is 0 Å². The van der Waals surface area contributed by atoms with Gasteiger partial charge < -0.3 is 10.4 Å². The van der Waals surface area contributed by atoms with Gasteiger partial charge in [0.15, 0.2) is 0 Å². The first-order valence-corrected chi connectivity index (χ1v) is 6.81. The number of aliphatic hydroxyl groups is 1. The van der Waals surface area contributed by atoms with Gasteiger partial charge in [-0.1, -0.05) is 0 Å². The molecule has 16 heavy (non-hydrogen) atoms. The van der Waals surface area contributed by atoms with Crippen LogP contribution >= 0.6 is 11.8 Å². The van der Waals surface area contributed by atoms with E-state index in [1.165, 1.54) is 5.69 Å². The summed E-state index contributed by atoms with van der Waals surface area (Å²) in [4.78, 5) is 0. The zero-order chi connectivity index (χ0) is 11.8. The highest BCUT2D eigenvalue weighted by atomic mass is 32.2. The SMILES string of the molecule is CC(NCCSCCCO)c1ccnn1C. The molecule has 0 radical (unpaired) electrons. The maximum atomic E-state index is 8.63. The van der Waals surface area contributed by atoms with Gasteiger partial charge in [0.2, 0.25) is 0 Å². The number of aliphatic hydroxyl groups excluding tert-OH is 1. The summed E-state index contributed by atoms with van der Waals surface area (Å²) in [5.41, 5.74) is 1.21. The molecule has 4 nitrogen and oxygen atoms in total. The Labute approximate surface area is 101 Å². The molecule has 92 valence electrons. The standard InChI is InChI=1S/C11H21N3OS/c1-10(11-4-5-13-14(11)2)12-6-9-16-8-3-7-15/h4-5,10,12,15H,3,6-9H2,1-2H3. The van der Waals surface area contributed by atoms with Crippen LogP contribution in [0.3, 0.4) is 0 Å². The molecular formula is C11H21N3OS. The lowest BCUT2D eigenvalue weighted by Crippen LogP contribution is -2.23. The molecule has 1 heterocycles. The van der Waals surface area contributed by atoms with Crippen LogP contribution in [0.4, 0.5) is 0 Å². The lowest BCUT2D eigenvalue weighted by Gasteiger charge is -2.13. The van der Waals surface area contributed by atoms with Gasteiger partial charge in [0.1, 0.15) is 0 Å². The second-order valence-corrected chi connectivity index (χ2v) is 4.97. The van der Waals surface area contributed by atoms with Gasteiger partial charge in [0, 0.05) is 38.2 Å². The van der Waals surface area contributed by atoms with Crippen molar-refractivity contribution < 1.29 is 5.11 Å². The van der Waals surface area contributed by atoms with Crippen LogP contribution in [0.25, 0.3) is 0 Å². The van der Waals surface area contributed by atoms with Gasteiger partial charge in [-0.05, 0) is 25.2 Å². The second-order valence-electron chi connectivity index (χ2n) is 3.75. The van der Waals surface area contributed by atoms with E-state index >= 15 is 0 Å². The number of hydrogen-bond donors (Lipinski definition) is 2. The quantitative estimate of drug-likeness (QED) is 0.673. The summed E-state index contributed by atoms with van der Waals surface area (Å²) in [6.45, 7) is 3.43. The fourth-order valence-electron chi connectivity index (χ4n) is 1.53. The average Bonchev–Trinajstić information content (AvgIpc) is 2.69. The van der Waals surface area contributed by atoms with Crippen molar-refractivity contribution in [1.82, 2.24) is 15.1 Å². The molecule has 0 bridgehead atoms. The van der Waals surface area contributed by atoms with E-state index < -0.39 is 0 Å². The van der Waals surface area contributed by atoms with E-state index in [1.807, 2.05) is 35.8 Å². The van der Waals surface area contributed by atoms with Crippen LogP contribution in [0, 0.1) is 0 Å². The molecule has 0 amide bonds. The van der Waals surface area contributed by atoms with Crippen molar-refractivity contribution in [3.8, 4) is 0 Å². The van der Waals surface area contributed by atoms with Crippen molar-refractivity contribution >= 4 is 11.8 Å². The first-order valence-electron chi connectivity index (χ1n) is 5.65. The maximum Gasteiger partial charge on any atom is 0.0547 e. The van der Waals surface area contributed by atoms with Gasteiger partial charge in [-0.15, -0.1) is 0 Å². The van der Waals surface area contributed by atoms with E-state index in [1.54, 1.807) is 0 Å². The van der Waals surface area contributed by atoms with Crippen molar-refractivity contribution in [2.75, 3.05) is 24.7 Å². The highest BCUT2D eigenvalue weighted by Gasteiger charge is 2.07. The van der Waals surface area contributed by atoms with E-state index in [0.717, 1.165) is 24.5 Å². The van der Waals surface area contributed by atoms with Gasteiger partial charge in [0.25, 0.3) is 0 Å². The third-order valence-electron chi connectivity index (χ3n) is 2.45. The molecule has 0 saturated heterocycles. The van der Waals surface area contributed by atoms with Crippen LogP contribution in [-0.4, -0.2) is 39.5 Å². The average molecular weight is 243 g/mol. The summed E-state index contributed by atoms with van der Waals surface area (Å²) in [6, 6.07) is 2.38. The Morgan fingerprint density at radius 2 is 2.38 bits per heavy atom. The van der Waals surface area contributed by atoms with E-state index in [9.17, 15) is 0 Å². The molecule has 1 aromatic heterocycles. The van der Waals surface area contributed by atoms with Gasteiger partial charge in [0.05, 0.1) is 5.69 Å². The molecule has 0 saturated carbocycles. The van der Waals surface area contributed by atoms with Crippen LogP contribution in [-0.2, 0) is 7.05 Å². The first kappa shape index (κ1) is 13.5. The minimum atomic E-state index is 0.297. The van der Waals surface area contributed by atoms with Crippen molar-refractivity contribution in [3.63, 3.8) is 0 Å². The monoisotopic (exact) mass is 243 g/mol. The van der Waals surface area contributed by atoms with Gasteiger partial charge in [-0.2, -0.15) is 16.9 Å². The van der Waals surface area contributed by atoms with Crippen LogP contribution < -0.4 is 5.32 Å². The summed E-state index contributed by atoms with van der Waals surface area (Å²) in [6.07, 6.45) is 2.71. The maximum absolute atomic E-state index is 8.63. The summed E-state index contributed by atoms with van der Waals surface area (Å²) < 4.78 is 1.90. The Morgan fingerprint density at radius 1 is 1.56 bits per heavy atom. The van der Waals surface area contributed by atoms with Gasteiger partial charge in [-0.25, -0.2) is 0 Å². The summed E-state index contributed by atoms with van der Waals surface area (Å²) in [5, 5.41) is 16.2. The number of thioether (sulfide) groups is 1. The summed E-state index contributed by atoms with van der Waals surface area (Å²) in [7, 11) is 1.96. The Hall–Kier alpha value is -0.520. The molecule has 1 aromatic rings. The van der Waals surface area contributed by atoms with E-state index in [0.29, 0.717) is 12.6 Å². The van der Waals surface area contributed by atoms with Gasteiger partial charge >= 0.3 is 0 Å².